The van der Waals surface area contributed by atoms with Crippen LogP contribution in [0.3, 0.4) is 0 Å². The second-order valence-electron chi connectivity index (χ2n) is 6.63. The Bertz CT molecular complexity index is 1000. The number of hydrogen-bond acceptors (Lipinski definition) is 5. The number of alkyl halides is 3. The predicted molar refractivity (Wildman–Crippen MR) is 98.6 cm³/mol. The van der Waals surface area contributed by atoms with Crippen LogP contribution < -0.4 is 0 Å². The van der Waals surface area contributed by atoms with E-state index in [1.165, 1.54) is 28.6 Å². The molecule has 0 saturated carbocycles. The Morgan fingerprint density at radius 2 is 1.66 bits per heavy atom. The van der Waals surface area contributed by atoms with E-state index in [4.69, 9.17) is 0 Å². The number of nitro benzene ring substituents is 1. The highest BCUT2D eigenvalue weighted by atomic mass is 32.2. The summed E-state index contributed by atoms with van der Waals surface area (Å²) in [4.78, 5) is 11.9. The first-order valence-corrected chi connectivity index (χ1v) is 10.1. The number of nitrogens with zero attached hydrogens (tertiary/aromatic N) is 3. The molecule has 1 saturated heterocycles. The molecule has 1 aliphatic rings. The number of non-ortho nitro benzene ring substituents is 1. The van der Waals surface area contributed by atoms with Crippen LogP contribution >= 0.6 is 0 Å². The molecule has 156 valence electrons. The molecule has 0 N–H and O–H groups in total. The average molecular weight is 429 g/mol. The van der Waals surface area contributed by atoms with Crippen molar-refractivity contribution < 1.29 is 26.5 Å². The third-order valence-corrected chi connectivity index (χ3v) is 6.55. The van der Waals surface area contributed by atoms with Gasteiger partial charge in [0.15, 0.2) is 0 Å². The first-order valence-electron chi connectivity index (χ1n) is 8.70. The van der Waals surface area contributed by atoms with E-state index in [1.807, 2.05) is 4.90 Å². The zero-order valence-corrected chi connectivity index (χ0v) is 16.0. The molecule has 11 heteroatoms. The van der Waals surface area contributed by atoms with Gasteiger partial charge in [-0.15, -0.1) is 0 Å². The summed E-state index contributed by atoms with van der Waals surface area (Å²) in [5.74, 6) is 0. The molecule has 1 heterocycles. The van der Waals surface area contributed by atoms with Crippen molar-refractivity contribution >= 4 is 15.7 Å². The lowest BCUT2D eigenvalue weighted by Gasteiger charge is -2.34. The van der Waals surface area contributed by atoms with Crippen LogP contribution in [-0.2, 0) is 22.7 Å². The van der Waals surface area contributed by atoms with Gasteiger partial charge < -0.3 is 0 Å². The van der Waals surface area contributed by atoms with E-state index >= 15 is 0 Å². The van der Waals surface area contributed by atoms with Crippen molar-refractivity contribution in [1.82, 2.24) is 9.21 Å². The molecule has 3 rings (SSSR count). The maximum Gasteiger partial charge on any atom is 0.416 e. The van der Waals surface area contributed by atoms with Gasteiger partial charge in [-0.25, -0.2) is 8.42 Å². The fourth-order valence-corrected chi connectivity index (χ4v) is 4.60. The van der Waals surface area contributed by atoms with Crippen molar-refractivity contribution in [3.63, 3.8) is 0 Å². The highest BCUT2D eigenvalue weighted by Crippen LogP contribution is 2.30. The predicted octanol–water partition coefficient (Wildman–Crippen LogP) is 3.12. The van der Waals surface area contributed by atoms with Crippen LogP contribution in [0.1, 0.15) is 11.1 Å². The summed E-state index contributed by atoms with van der Waals surface area (Å²) in [5, 5.41) is 10.9. The first-order chi connectivity index (χ1) is 13.6. The summed E-state index contributed by atoms with van der Waals surface area (Å²) in [7, 11) is -3.89. The van der Waals surface area contributed by atoms with Gasteiger partial charge in [-0.1, -0.05) is 24.3 Å². The Kier molecular flexibility index (Phi) is 5.92. The van der Waals surface area contributed by atoms with Crippen LogP contribution in [0.4, 0.5) is 18.9 Å². The topological polar surface area (TPSA) is 83.8 Å². The molecule has 29 heavy (non-hydrogen) atoms. The summed E-state index contributed by atoms with van der Waals surface area (Å²) in [6, 6.07) is 9.89. The Balaban J connectivity index is 1.66. The van der Waals surface area contributed by atoms with Gasteiger partial charge in [0.25, 0.3) is 5.69 Å². The van der Waals surface area contributed by atoms with Gasteiger partial charge >= 0.3 is 6.18 Å². The van der Waals surface area contributed by atoms with E-state index in [9.17, 15) is 31.7 Å². The molecule has 0 atom stereocenters. The molecule has 1 aliphatic heterocycles. The molecule has 2 aromatic carbocycles. The molecular formula is C18H18F3N3O4S. The smallest absolute Gasteiger partial charge is 0.296 e. The van der Waals surface area contributed by atoms with Crippen molar-refractivity contribution in [1.29, 1.82) is 0 Å². The van der Waals surface area contributed by atoms with Crippen molar-refractivity contribution in [2.24, 2.45) is 0 Å². The van der Waals surface area contributed by atoms with Crippen LogP contribution in [0.25, 0.3) is 0 Å². The molecule has 1 fully saturated rings. The Morgan fingerprint density at radius 1 is 1.00 bits per heavy atom. The SMILES string of the molecule is O=[N+]([O-])c1cccc(S(=O)(=O)N2CCN(Cc3cccc(C(F)(F)F)c3)CC2)c1. The number of sulfonamides is 1. The quantitative estimate of drug-likeness (QED) is 0.539. The van der Waals surface area contributed by atoms with Crippen LogP contribution in [0.2, 0.25) is 0 Å². The zero-order valence-electron chi connectivity index (χ0n) is 15.2. The molecular weight excluding hydrogens is 411 g/mol. The van der Waals surface area contributed by atoms with Crippen molar-refractivity contribution in [3.05, 3.63) is 69.8 Å². The van der Waals surface area contributed by atoms with E-state index in [0.717, 1.165) is 18.2 Å². The molecule has 0 aromatic heterocycles. The summed E-state index contributed by atoms with van der Waals surface area (Å²) >= 11 is 0. The number of nitro groups is 1. The molecule has 7 nitrogen and oxygen atoms in total. The van der Waals surface area contributed by atoms with Gasteiger partial charge in [0.2, 0.25) is 10.0 Å². The van der Waals surface area contributed by atoms with Gasteiger partial charge in [-0.3, -0.25) is 15.0 Å². The highest BCUT2D eigenvalue weighted by Gasteiger charge is 2.31. The minimum Gasteiger partial charge on any atom is -0.296 e. The van der Waals surface area contributed by atoms with Gasteiger partial charge in [-0.05, 0) is 17.7 Å². The van der Waals surface area contributed by atoms with Gasteiger partial charge in [-0.2, -0.15) is 17.5 Å². The highest BCUT2D eigenvalue weighted by molar-refractivity contribution is 7.89. The van der Waals surface area contributed by atoms with Crippen LogP contribution in [0, 0.1) is 10.1 Å². The third kappa shape index (κ3) is 4.92. The standard InChI is InChI=1S/C18H18F3N3O4S/c19-18(20,21)15-4-1-3-14(11-15)13-22-7-9-23(10-8-22)29(27,28)17-6-2-5-16(12-17)24(25)26/h1-6,11-12H,7-10,13H2. The second-order valence-corrected chi connectivity index (χ2v) is 8.57. The summed E-state index contributed by atoms with van der Waals surface area (Å²) in [6.45, 7) is 1.23. The van der Waals surface area contributed by atoms with Crippen molar-refractivity contribution in [2.75, 3.05) is 26.2 Å². The molecule has 0 unspecified atom stereocenters. The molecule has 2 aromatic rings. The van der Waals surface area contributed by atoms with Crippen molar-refractivity contribution in [2.45, 2.75) is 17.6 Å². The normalized spacial score (nSPS) is 16.7. The van der Waals surface area contributed by atoms with E-state index in [1.54, 1.807) is 6.07 Å². The number of rotatable bonds is 5. The monoisotopic (exact) mass is 429 g/mol. The number of benzene rings is 2. The van der Waals surface area contributed by atoms with Gasteiger partial charge in [0.1, 0.15) is 0 Å². The van der Waals surface area contributed by atoms with Gasteiger partial charge in [0.05, 0.1) is 15.4 Å². The minimum atomic E-state index is -4.42. The van der Waals surface area contributed by atoms with E-state index < -0.39 is 26.7 Å². The molecule has 0 spiro atoms. The van der Waals surface area contributed by atoms with E-state index in [2.05, 4.69) is 0 Å². The minimum absolute atomic E-state index is 0.143. The summed E-state index contributed by atoms with van der Waals surface area (Å²) in [5.41, 5.74) is -0.536. The van der Waals surface area contributed by atoms with Crippen LogP contribution in [-0.4, -0.2) is 48.7 Å². The number of piperazine rings is 1. The largest absolute Gasteiger partial charge is 0.416 e. The lowest BCUT2D eigenvalue weighted by atomic mass is 10.1. The molecule has 0 aliphatic carbocycles. The maximum absolute atomic E-state index is 12.8. The van der Waals surface area contributed by atoms with Crippen LogP contribution in [0.5, 0.6) is 0 Å². The zero-order chi connectivity index (χ0) is 21.2. The lowest BCUT2D eigenvalue weighted by Crippen LogP contribution is -2.48. The maximum atomic E-state index is 12.8. The van der Waals surface area contributed by atoms with Gasteiger partial charge in [0, 0.05) is 44.9 Å². The van der Waals surface area contributed by atoms with E-state index in [-0.39, 0.29) is 30.2 Å². The summed E-state index contributed by atoms with van der Waals surface area (Å²) < 4.78 is 65.2. The molecule has 0 bridgehead atoms. The van der Waals surface area contributed by atoms with Crippen LogP contribution in [0.15, 0.2) is 53.4 Å². The second kappa shape index (κ2) is 8.09. The first kappa shape index (κ1) is 21.2. The number of hydrogen-bond donors (Lipinski definition) is 0. The summed E-state index contributed by atoms with van der Waals surface area (Å²) in [6.07, 6.45) is -4.42. The Labute approximate surface area is 165 Å². The van der Waals surface area contributed by atoms with E-state index in [0.29, 0.717) is 18.7 Å². The Hall–Kier alpha value is -2.50. The lowest BCUT2D eigenvalue weighted by molar-refractivity contribution is -0.385. The number of halogens is 3. The van der Waals surface area contributed by atoms with Crippen molar-refractivity contribution in [3.8, 4) is 0 Å². The molecule has 0 amide bonds. The Morgan fingerprint density at radius 3 is 2.28 bits per heavy atom. The molecule has 0 radical (unpaired) electrons. The fourth-order valence-electron chi connectivity index (χ4n) is 3.14. The third-order valence-electron chi connectivity index (χ3n) is 4.66. The average Bonchev–Trinajstić information content (AvgIpc) is 2.68. The fraction of sp³-hybridized carbons (Fsp3) is 0.333.